The van der Waals surface area contributed by atoms with Crippen LogP contribution in [0.5, 0.6) is 0 Å². The Balaban J connectivity index is 2.31. The van der Waals surface area contributed by atoms with E-state index in [4.69, 9.17) is 12.2 Å². The normalized spacial score (nSPS) is 24.5. The molecular formula is C11H13NS. The lowest BCUT2D eigenvalue weighted by atomic mass is 9.97. The molecule has 1 aromatic heterocycles. The molecule has 1 atom stereocenters. The zero-order chi connectivity index (χ0) is 8.84. The van der Waals surface area contributed by atoms with Crippen molar-refractivity contribution in [3.05, 3.63) is 28.0 Å². The fourth-order valence-electron chi connectivity index (χ4n) is 2.81. The molecule has 0 fully saturated rings. The molecule has 1 aromatic rings. The second kappa shape index (κ2) is 2.68. The SMILES string of the molecule is S=c1ccn2c3c1CC[C@@H]3CCC2. The molecule has 0 saturated heterocycles. The summed E-state index contributed by atoms with van der Waals surface area (Å²) in [6, 6.07) is 2.10. The van der Waals surface area contributed by atoms with Crippen LogP contribution in [0.2, 0.25) is 0 Å². The van der Waals surface area contributed by atoms with Crippen LogP contribution in [0.3, 0.4) is 0 Å². The van der Waals surface area contributed by atoms with Gasteiger partial charge in [0.2, 0.25) is 0 Å². The molecule has 1 aliphatic heterocycles. The second-order valence-corrected chi connectivity index (χ2v) is 4.55. The first kappa shape index (κ1) is 7.74. The van der Waals surface area contributed by atoms with E-state index >= 15 is 0 Å². The van der Waals surface area contributed by atoms with E-state index in [1.54, 1.807) is 5.69 Å². The Morgan fingerprint density at radius 3 is 3.23 bits per heavy atom. The standard InChI is InChI=1S/C11H13NS/c13-10-5-7-12-6-1-2-8-3-4-9(10)11(8)12/h5,7-8H,1-4,6H2/t8-/m0/s1. The van der Waals surface area contributed by atoms with Crippen LogP contribution >= 0.6 is 12.2 Å². The van der Waals surface area contributed by atoms with Crippen LogP contribution < -0.4 is 0 Å². The summed E-state index contributed by atoms with van der Waals surface area (Å²) in [6.45, 7) is 1.20. The summed E-state index contributed by atoms with van der Waals surface area (Å²) in [5.74, 6) is 0.826. The Hall–Kier alpha value is -0.630. The monoisotopic (exact) mass is 191 g/mol. The lowest BCUT2D eigenvalue weighted by molar-refractivity contribution is 0.455. The van der Waals surface area contributed by atoms with Gasteiger partial charge in [-0.15, -0.1) is 0 Å². The number of nitrogens with zero attached hydrogens (tertiary/aromatic N) is 1. The summed E-state index contributed by atoms with van der Waals surface area (Å²) in [4.78, 5) is 0. The van der Waals surface area contributed by atoms with Crippen LogP contribution in [0.25, 0.3) is 0 Å². The van der Waals surface area contributed by atoms with E-state index in [0.717, 1.165) is 10.4 Å². The van der Waals surface area contributed by atoms with Gasteiger partial charge in [-0.25, -0.2) is 0 Å². The van der Waals surface area contributed by atoms with Crippen molar-refractivity contribution in [1.82, 2.24) is 4.57 Å². The Bertz CT molecular complexity index is 405. The van der Waals surface area contributed by atoms with Crippen molar-refractivity contribution in [3.8, 4) is 0 Å². The molecule has 1 aliphatic carbocycles. The summed E-state index contributed by atoms with van der Waals surface area (Å²) < 4.78 is 3.52. The maximum Gasteiger partial charge on any atom is 0.0441 e. The molecule has 3 rings (SSSR count). The molecule has 0 radical (unpaired) electrons. The topological polar surface area (TPSA) is 4.93 Å². The minimum Gasteiger partial charge on any atom is -0.351 e. The zero-order valence-electron chi connectivity index (χ0n) is 7.62. The number of hydrogen-bond acceptors (Lipinski definition) is 1. The molecule has 2 heterocycles. The van der Waals surface area contributed by atoms with Crippen LogP contribution in [0, 0.1) is 4.51 Å². The number of aromatic nitrogens is 1. The van der Waals surface area contributed by atoms with E-state index < -0.39 is 0 Å². The molecule has 0 bridgehead atoms. The average Bonchev–Trinajstić information content (AvgIpc) is 2.57. The van der Waals surface area contributed by atoms with Crippen molar-refractivity contribution >= 4 is 12.2 Å². The summed E-state index contributed by atoms with van der Waals surface area (Å²) in [5.41, 5.74) is 3.04. The fourth-order valence-corrected chi connectivity index (χ4v) is 3.08. The molecule has 13 heavy (non-hydrogen) atoms. The second-order valence-electron chi connectivity index (χ2n) is 4.12. The van der Waals surface area contributed by atoms with E-state index in [9.17, 15) is 0 Å². The first-order valence-corrected chi connectivity index (χ1v) is 5.49. The fraction of sp³-hybridized carbons (Fsp3) is 0.545. The zero-order valence-corrected chi connectivity index (χ0v) is 8.44. The smallest absolute Gasteiger partial charge is 0.0441 e. The molecule has 0 saturated carbocycles. The molecule has 0 unspecified atom stereocenters. The van der Waals surface area contributed by atoms with Gasteiger partial charge >= 0.3 is 0 Å². The summed E-state index contributed by atoms with van der Waals surface area (Å²) in [7, 11) is 0. The number of hydrogen-bond donors (Lipinski definition) is 0. The van der Waals surface area contributed by atoms with Crippen molar-refractivity contribution < 1.29 is 0 Å². The third-order valence-electron chi connectivity index (χ3n) is 3.40. The van der Waals surface area contributed by atoms with E-state index in [1.165, 1.54) is 37.8 Å². The largest absolute Gasteiger partial charge is 0.351 e. The van der Waals surface area contributed by atoms with Crippen molar-refractivity contribution in [2.75, 3.05) is 0 Å². The summed E-state index contributed by atoms with van der Waals surface area (Å²) in [5, 5.41) is 0. The van der Waals surface area contributed by atoms with Gasteiger partial charge < -0.3 is 4.57 Å². The van der Waals surface area contributed by atoms with E-state index in [2.05, 4.69) is 16.8 Å². The first-order chi connectivity index (χ1) is 6.36. The van der Waals surface area contributed by atoms with Gasteiger partial charge in [-0.1, -0.05) is 12.2 Å². The number of rotatable bonds is 0. The minimum absolute atomic E-state index is 0.826. The van der Waals surface area contributed by atoms with Crippen LogP contribution in [0.1, 0.15) is 36.4 Å². The van der Waals surface area contributed by atoms with Crippen LogP contribution in [-0.4, -0.2) is 4.57 Å². The molecule has 0 aromatic carbocycles. The highest BCUT2D eigenvalue weighted by atomic mass is 32.1. The summed E-state index contributed by atoms with van der Waals surface area (Å²) >= 11 is 5.35. The lowest BCUT2D eigenvalue weighted by Gasteiger charge is -2.24. The van der Waals surface area contributed by atoms with E-state index in [0.29, 0.717) is 0 Å². The quantitative estimate of drug-likeness (QED) is 0.571. The van der Waals surface area contributed by atoms with Gasteiger partial charge in [0, 0.05) is 22.9 Å². The van der Waals surface area contributed by atoms with Crippen LogP contribution in [0.15, 0.2) is 12.3 Å². The predicted molar refractivity (Wildman–Crippen MR) is 55.6 cm³/mol. The van der Waals surface area contributed by atoms with Crippen molar-refractivity contribution in [3.63, 3.8) is 0 Å². The number of pyridine rings is 1. The highest BCUT2D eigenvalue weighted by Gasteiger charge is 2.28. The average molecular weight is 191 g/mol. The third kappa shape index (κ3) is 1.01. The minimum atomic E-state index is 0.826. The third-order valence-corrected chi connectivity index (χ3v) is 3.79. The highest BCUT2D eigenvalue weighted by molar-refractivity contribution is 7.71. The van der Waals surface area contributed by atoms with Gasteiger partial charge in [0.1, 0.15) is 0 Å². The molecule has 2 heteroatoms. The van der Waals surface area contributed by atoms with Gasteiger partial charge in [0.25, 0.3) is 0 Å². The molecule has 68 valence electrons. The number of aryl methyl sites for hydroxylation is 1. The molecule has 0 N–H and O–H groups in total. The van der Waals surface area contributed by atoms with Gasteiger partial charge in [-0.2, -0.15) is 0 Å². The molecule has 0 amide bonds. The molecular weight excluding hydrogens is 178 g/mol. The van der Waals surface area contributed by atoms with Crippen molar-refractivity contribution in [1.29, 1.82) is 0 Å². The van der Waals surface area contributed by atoms with Gasteiger partial charge in [-0.3, -0.25) is 0 Å². The van der Waals surface area contributed by atoms with Crippen LogP contribution in [-0.2, 0) is 13.0 Å². The summed E-state index contributed by atoms with van der Waals surface area (Å²) in [6.07, 6.45) is 7.46. The Morgan fingerprint density at radius 1 is 1.38 bits per heavy atom. The predicted octanol–water partition coefficient (Wildman–Crippen LogP) is 3.04. The van der Waals surface area contributed by atoms with Crippen molar-refractivity contribution in [2.24, 2.45) is 0 Å². The van der Waals surface area contributed by atoms with Crippen LogP contribution in [0.4, 0.5) is 0 Å². The maximum absolute atomic E-state index is 5.35. The highest BCUT2D eigenvalue weighted by Crippen LogP contribution is 2.39. The van der Waals surface area contributed by atoms with E-state index in [-0.39, 0.29) is 0 Å². The molecule has 1 nitrogen and oxygen atoms in total. The van der Waals surface area contributed by atoms with Gasteiger partial charge in [0.05, 0.1) is 0 Å². The first-order valence-electron chi connectivity index (χ1n) is 5.08. The van der Waals surface area contributed by atoms with Gasteiger partial charge in [-0.05, 0) is 43.2 Å². The van der Waals surface area contributed by atoms with Gasteiger partial charge in [0.15, 0.2) is 0 Å². The Morgan fingerprint density at radius 2 is 2.31 bits per heavy atom. The van der Waals surface area contributed by atoms with E-state index in [1.807, 2.05) is 0 Å². The molecule has 2 aliphatic rings. The maximum atomic E-state index is 5.35. The lowest BCUT2D eigenvalue weighted by Crippen LogP contribution is -2.14. The Labute approximate surface area is 83.4 Å². The van der Waals surface area contributed by atoms with Crippen molar-refractivity contribution in [2.45, 2.75) is 38.1 Å². The molecule has 0 spiro atoms. The Kier molecular flexibility index (Phi) is 1.59.